The molecule has 1 aliphatic heterocycles. The first-order chi connectivity index (χ1) is 15.7. The molecule has 3 rings (SSSR count). The highest BCUT2D eigenvalue weighted by molar-refractivity contribution is 9.09. The molecule has 0 saturated carbocycles. The van der Waals surface area contributed by atoms with Gasteiger partial charge in [0, 0.05) is 23.7 Å². The Labute approximate surface area is 204 Å². The number of carbonyl (C=O) groups is 3. The summed E-state index contributed by atoms with van der Waals surface area (Å²) in [6.07, 6.45) is 0.205. The zero-order chi connectivity index (χ0) is 24.2. The molecule has 2 amide bonds. The molecule has 1 atom stereocenters. The minimum Gasteiger partial charge on any atom is -0.481 e. The normalized spacial score (nSPS) is 16.2. The number of para-hydroxylation sites is 1. The topological polar surface area (TPSA) is 124 Å². The number of carboxylic acid groups (broad SMARTS) is 1. The Bertz CT molecular complexity index is 1180. The summed E-state index contributed by atoms with van der Waals surface area (Å²) in [7, 11) is -4.14. The van der Waals surface area contributed by atoms with Crippen molar-refractivity contribution in [2.24, 2.45) is 0 Å². The summed E-state index contributed by atoms with van der Waals surface area (Å²) in [4.78, 5) is 36.0. The number of amides is 2. The number of halogens is 2. The van der Waals surface area contributed by atoms with E-state index < -0.39 is 22.0 Å². The van der Waals surface area contributed by atoms with Crippen LogP contribution in [0.2, 0.25) is 5.02 Å². The van der Waals surface area contributed by atoms with E-state index in [4.69, 9.17) is 16.7 Å². The predicted molar refractivity (Wildman–Crippen MR) is 126 cm³/mol. The number of aliphatic carboxylic acids is 1. The van der Waals surface area contributed by atoms with Crippen molar-refractivity contribution in [3.63, 3.8) is 0 Å². The quantitative estimate of drug-likeness (QED) is 0.360. The average Bonchev–Trinajstić information content (AvgIpc) is 2.86. The second-order valence-corrected chi connectivity index (χ2v) is 10.0. The van der Waals surface area contributed by atoms with E-state index in [1.807, 2.05) is 0 Å². The Morgan fingerprint density at radius 3 is 2.61 bits per heavy atom. The van der Waals surface area contributed by atoms with E-state index in [-0.39, 0.29) is 47.2 Å². The zero-order valence-electron chi connectivity index (χ0n) is 17.3. The van der Waals surface area contributed by atoms with Crippen molar-refractivity contribution in [2.75, 3.05) is 29.3 Å². The molecule has 2 aromatic rings. The van der Waals surface area contributed by atoms with Gasteiger partial charge in [-0.25, -0.2) is 8.42 Å². The molecule has 0 bridgehead atoms. The number of carbonyl (C=O) groups excluding carboxylic acids is 2. The Balaban J connectivity index is 2.20. The Hall–Kier alpha value is -2.63. The molecule has 33 heavy (non-hydrogen) atoms. The molecule has 2 aromatic carbocycles. The van der Waals surface area contributed by atoms with E-state index in [1.54, 1.807) is 24.3 Å². The lowest BCUT2D eigenvalue weighted by Gasteiger charge is -2.30. The van der Waals surface area contributed by atoms with Crippen LogP contribution in [0.5, 0.6) is 0 Å². The molecule has 0 spiro atoms. The third-order valence-electron chi connectivity index (χ3n) is 5.15. The fraction of sp³-hybridized carbons (Fsp3) is 0.286. The molecule has 1 aliphatic rings. The number of sulfonamides is 1. The van der Waals surface area contributed by atoms with Crippen LogP contribution in [0.25, 0.3) is 0 Å². The second kappa shape index (κ2) is 10.5. The van der Waals surface area contributed by atoms with Gasteiger partial charge in [-0.05, 0) is 23.8 Å². The molecule has 0 aliphatic carbocycles. The number of anilines is 1. The van der Waals surface area contributed by atoms with Crippen molar-refractivity contribution in [1.29, 1.82) is 0 Å². The fourth-order valence-corrected chi connectivity index (χ4v) is 5.91. The molecular formula is C21H21BrClN3O6S. The molecular weight excluding hydrogens is 538 g/mol. The second-order valence-electron chi connectivity index (χ2n) is 7.19. The lowest BCUT2D eigenvalue weighted by atomic mass is 9.95. The van der Waals surface area contributed by atoms with Gasteiger partial charge in [-0.15, -0.1) is 0 Å². The number of hydrogen-bond donors (Lipinski definition) is 2. The Kier molecular flexibility index (Phi) is 7.98. The lowest BCUT2D eigenvalue weighted by Crippen LogP contribution is -2.39. The summed E-state index contributed by atoms with van der Waals surface area (Å²) in [5, 5.41) is 12.0. The molecule has 9 nitrogen and oxygen atoms in total. The maximum atomic E-state index is 13.8. The Morgan fingerprint density at radius 2 is 1.94 bits per heavy atom. The molecule has 0 aromatic heterocycles. The van der Waals surface area contributed by atoms with E-state index in [0.29, 0.717) is 23.2 Å². The first-order valence-corrected chi connectivity index (χ1v) is 12.8. The molecule has 0 radical (unpaired) electrons. The third-order valence-corrected chi connectivity index (χ3v) is 7.76. The van der Waals surface area contributed by atoms with Crippen LogP contribution in [0.4, 0.5) is 5.69 Å². The van der Waals surface area contributed by atoms with E-state index in [9.17, 15) is 22.8 Å². The number of fused-ring (bicyclic) bond motifs is 2. The summed E-state index contributed by atoms with van der Waals surface area (Å²) in [5.41, 5.74) is 1.13. The smallest absolute Gasteiger partial charge is 0.305 e. The highest BCUT2D eigenvalue weighted by atomic mass is 79.9. The predicted octanol–water partition coefficient (Wildman–Crippen LogP) is 2.38. The van der Waals surface area contributed by atoms with Crippen LogP contribution in [0.15, 0.2) is 47.4 Å². The number of benzene rings is 2. The van der Waals surface area contributed by atoms with Crippen LogP contribution in [0, 0.1) is 0 Å². The van der Waals surface area contributed by atoms with Gasteiger partial charge in [-0.3, -0.25) is 18.7 Å². The van der Waals surface area contributed by atoms with E-state index >= 15 is 0 Å². The summed E-state index contributed by atoms with van der Waals surface area (Å²) in [6, 6.07) is 10.2. The minimum absolute atomic E-state index is 0.0506. The first kappa shape index (κ1) is 25.0. The molecule has 12 heteroatoms. The molecule has 0 fully saturated rings. The standard InChI is InChI=1S/C21H21BrClN3O6S/c22-12-19(28)24-8-10-26-17-4-2-1-3-15(17)21(25(13-27)9-7-20(29)30)16-6-5-14(23)11-18(16)33(26,31)32/h1-6,11,13,21H,7-10,12H2,(H,24,28)(H,29,30). The van der Waals surface area contributed by atoms with Crippen LogP contribution < -0.4 is 9.62 Å². The average molecular weight is 559 g/mol. The number of hydrogen-bond acceptors (Lipinski definition) is 5. The summed E-state index contributed by atoms with van der Waals surface area (Å²) < 4.78 is 28.7. The number of alkyl halides is 1. The van der Waals surface area contributed by atoms with E-state index in [2.05, 4.69) is 21.2 Å². The number of carboxylic acids is 1. The lowest BCUT2D eigenvalue weighted by molar-refractivity contribution is -0.137. The Morgan fingerprint density at radius 1 is 1.21 bits per heavy atom. The molecule has 0 saturated heterocycles. The van der Waals surface area contributed by atoms with E-state index in [1.165, 1.54) is 27.4 Å². The van der Waals surface area contributed by atoms with Gasteiger partial charge in [0.15, 0.2) is 0 Å². The van der Waals surface area contributed by atoms with Gasteiger partial charge in [-0.1, -0.05) is 51.8 Å². The van der Waals surface area contributed by atoms with Gasteiger partial charge < -0.3 is 15.3 Å². The maximum Gasteiger partial charge on any atom is 0.305 e. The van der Waals surface area contributed by atoms with Gasteiger partial charge in [0.25, 0.3) is 10.0 Å². The van der Waals surface area contributed by atoms with Crippen LogP contribution in [-0.4, -0.2) is 61.7 Å². The van der Waals surface area contributed by atoms with Crippen LogP contribution in [0.1, 0.15) is 23.6 Å². The summed E-state index contributed by atoms with van der Waals surface area (Å²) >= 11 is 9.19. The monoisotopic (exact) mass is 557 g/mol. The molecule has 1 unspecified atom stereocenters. The SMILES string of the molecule is O=CN(CCC(=O)O)C1c2ccccc2N(CCNC(=O)CBr)S(=O)(=O)c2cc(Cl)ccc21. The van der Waals surface area contributed by atoms with Gasteiger partial charge >= 0.3 is 5.97 Å². The largest absolute Gasteiger partial charge is 0.481 e. The fourth-order valence-electron chi connectivity index (χ4n) is 3.73. The highest BCUT2D eigenvalue weighted by Crippen LogP contribution is 2.43. The van der Waals surface area contributed by atoms with Crippen LogP contribution in [0.3, 0.4) is 0 Å². The van der Waals surface area contributed by atoms with Crippen molar-refractivity contribution in [1.82, 2.24) is 10.2 Å². The van der Waals surface area contributed by atoms with Gasteiger partial charge in [-0.2, -0.15) is 0 Å². The number of nitrogens with one attached hydrogen (secondary N) is 1. The van der Waals surface area contributed by atoms with Crippen molar-refractivity contribution >= 4 is 61.5 Å². The zero-order valence-corrected chi connectivity index (χ0v) is 20.4. The molecule has 176 valence electrons. The van der Waals surface area contributed by atoms with Gasteiger partial charge in [0.2, 0.25) is 12.3 Å². The molecule has 1 heterocycles. The van der Waals surface area contributed by atoms with Gasteiger partial charge in [0.1, 0.15) is 0 Å². The maximum absolute atomic E-state index is 13.8. The number of nitrogens with zero attached hydrogens (tertiary/aromatic N) is 2. The first-order valence-electron chi connectivity index (χ1n) is 9.87. The van der Waals surface area contributed by atoms with Crippen molar-refractivity contribution in [3.8, 4) is 0 Å². The van der Waals surface area contributed by atoms with Gasteiger partial charge in [0.05, 0.1) is 34.9 Å². The van der Waals surface area contributed by atoms with Crippen LogP contribution >= 0.6 is 27.5 Å². The van der Waals surface area contributed by atoms with Crippen molar-refractivity contribution < 1.29 is 27.9 Å². The molecule has 2 N–H and O–H groups in total. The van der Waals surface area contributed by atoms with Crippen molar-refractivity contribution in [2.45, 2.75) is 17.4 Å². The van der Waals surface area contributed by atoms with E-state index in [0.717, 1.165) is 0 Å². The third kappa shape index (κ3) is 5.31. The summed E-state index contributed by atoms with van der Waals surface area (Å²) in [6.45, 7) is -0.136. The summed E-state index contributed by atoms with van der Waals surface area (Å²) in [5.74, 6) is -1.38. The highest BCUT2D eigenvalue weighted by Gasteiger charge is 2.38. The van der Waals surface area contributed by atoms with Crippen LogP contribution in [-0.2, 0) is 24.4 Å². The van der Waals surface area contributed by atoms with Crippen molar-refractivity contribution in [3.05, 3.63) is 58.6 Å². The minimum atomic E-state index is -4.14. The number of rotatable bonds is 9.